The summed E-state index contributed by atoms with van der Waals surface area (Å²) in [6.07, 6.45) is 2.02. The third-order valence-electron chi connectivity index (χ3n) is 3.89. The van der Waals surface area contributed by atoms with E-state index in [1.54, 1.807) is 12.1 Å². The summed E-state index contributed by atoms with van der Waals surface area (Å²) in [6, 6.07) is 16.2. The molecule has 112 valence electrons. The van der Waals surface area contributed by atoms with E-state index in [-0.39, 0.29) is 10.8 Å². The molecule has 0 fully saturated rings. The number of rotatable bonds is 4. The summed E-state index contributed by atoms with van der Waals surface area (Å²) in [6.45, 7) is 2.88. The Labute approximate surface area is 128 Å². The number of pyridine rings is 1. The van der Waals surface area contributed by atoms with Crippen LogP contribution in [-0.2, 0) is 6.54 Å². The van der Waals surface area contributed by atoms with Crippen molar-refractivity contribution in [2.45, 2.75) is 26.3 Å². The standard InChI is InChI=1S/C19H18FNO/c1-2-3-12-21-16-11-7-10-15(20)19(16)18(22)13-17(21)14-8-5-4-6-9-14/h4-11,13H,2-3,12H2,1H3. The molecule has 0 saturated heterocycles. The highest BCUT2D eigenvalue weighted by Crippen LogP contribution is 2.24. The first-order valence-corrected chi connectivity index (χ1v) is 7.60. The Morgan fingerprint density at radius 1 is 1.05 bits per heavy atom. The summed E-state index contributed by atoms with van der Waals surface area (Å²) in [5.41, 5.74) is 2.22. The molecule has 2 aromatic carbocycles. The molecule has 0 N–H and O–H groups in total. The Balaban J connectivity index is 2.34. The van der Waals surface area contributed by atoms with Gasteiger partial charge in [-0.3, -0.25) is 4.79 Å². The molecule has 0 unspecified atom stereocenters. The van der Waals surface area contributed by atoms with Crippen molar-refractivity contribution in [3.8, 4) is 11.3 Å². The number of fused-ring (bicyclic) bond motifs is 1. The van der Waals surface area contributed by atoms with E-state index >= 15 is 0 Å². The van der Waals surface area contributed by atoms with Gasteiger partial charge in [-0.2, -0.15) is 0 Å². The topological polar surface area (TPSA) is 22.0 Å². The van der Waals surface area contributed by atoms with Crippen molar-refractivity contribution in [1.82, 2.24) is 4.57 Å². The van der Waals surface area contributed by atoms with Gasteiger partial charge in [0.1, 0.15) is 5.82 Å². The van der Waals surface area contributed by atoms with E-state index in [1.807, 2.05) is 36.4 Å². The minimum absolute atomic E-state index is 0.179. The average molecular weight is 295 g/mol. The molecule has 0 bridgehead atoms. The fraction of sp³-hybridized carbons (Fsp3) is 0.211. The molecule has 0 aliphatic heterocycles. The van der Waals surface area contributed by atoms with Crippen LogP contribution in [0.4, 0.5) is 4.39 Å². The summed E-state index contributed by atoms with van der Waals surface area (Å²) in [4.78, 5) is 12.4. The number of unbranched alkanes of at least 4 members (excludes halogenated alkanes) is 1. The number of aryl methyl sites for hydroxylation is 1. The normalized spacial score (nSPS) is 11.0. The van der Waals surface area contributed by atoms with E-state index in [9.17, 15) is 9.18 Å². The minimum Gasteiger partial charge on any atom is -0.340 e. The lowest BCUT2D eigenvalue weighted by atomic mass is 10.1. The molecule has 0 amide bonds. The van der Waals surface area contributed by atoms with E-state index in [1.165, 1.54) is 6.07 Å². The van der Waals surface area contributed by atoms with Crippen LogP contribution < -0.4 is 5.43 Å². The predicted molar refractivity (Wildman–Crippen MR) is 88.5 cm³/mol. The molecular formula is C19H18FNO. The van der Waals surface area contributed by atoms with E-state index in [2.05, 4.69) is 11.5 Å². The van der Waals surface area contributed by atoms with Gasteiger partial charge in [0.05, 0.1) is 16.6 Å². The molecule has 3 aromatic rings. The molecule has 2 nitrogen and oxygen atoms in total. The van der Waals surface area contributed by atoms with Crippen molar-refractivity contribution in [3.05, 3.63) is 70.6 Å². The average Bonchev–Trinajstić information content (AvgIpc) is 2.54. The predicted octanol–water partition coefficient (Wildman–Crippen LogP) is 4.61. The molecule has 0 aliphatic rings. The van der Waals surface area contributed by atoms with Crippen LogP contribution >= 0.6 is 0 Å². The van der Waals surface area contributed by atoms with E-state index < -0.39 is 5.82 Å². The second kappa shape index (κ2) is 6.14. The smallest absolute Gasteiger partial charge is 0.192 e. The summed E-state index contributed by atoms with van der Waals surface area (Å²) < 4.78 is 16.1. The van der Waals surface area contributed by atoms with Crippen LogP contribution in [-0.4, -0.2) is 4.57 Å². The maximum Gasteiger partial charge on any atom is 0.192 e. The second-order valence-corrected chi connectivity index (χ2v) is 5.40. The van der Waals surface area contributed by atoms with Gasteiger partial charge in [0, 0.05) is 12.6 Å². The summed E-state index contributed by atoms with van der Waals surface area (Å²) >= 11 is 0. The molecular weight excluding hydrogens is 277 g/mol. The lowest BCUT2D eigenvalue weighted by molar-refractivity contribution is 0.631. The van der Waals surface area contributed by atoms with E-state index in [0.717, 1.165) is 30.6 Å². The van der Waals surface area contributed by atoms with Gasteiger partial charge in [-0.05, 0) is 24.1 Å². The van der Waals surface area contributed by atoms with Gasteiger partial charge in [-0.25, -0.2) is 4.39 Å². The largest absolute Gasteiger partial charge is 0.340 e. The summed E-state index contributed by atoms with van der Waals surface area (Å²) in [5.74, 6) is -0.452. The first-order valence-electron chi connectivity index (χ1n) is 7.60. The highest BCUT2D eigenvalue weighted by atomic mass is 19.1. The van der Waals surface area contributed by atoms with Crippen LogP contribution in [0.15, 0.2) is 59.4 Å². The Morgan fingerprint density at radius 2 is 1.82 bits per heavy atom. The lowest BCUT2D eigenvalue weighted by Gasteiger charge is -2.17. The van der Waals surface area contributed by atoms with Crippen molar-refractivity contribution in [3.63, 3.8) is 0 Å². The SMILES string of the molecule is CCCCn1c(-c2ccccc2)cc(=O)c2c(F)cccc21. The zero-order valence-electron chi connectivity index (χ0n) is 12.6. The van der Waals surface area contributed by atoms with Crippen LogP contribution in [0.25, 0.3) is 22.2 Å². The van der Waals surface area contributed by atoms with Gasteiger partial charge in [-0.1, -0.05) is 49.7 Å². The van der Waals surface area contributed by atoms with Gasteiger partial charge >= 0.3 is 0 Å². The monoisotopic (exact) mass is 295 g/mol. The molecule has 0 saturated carbocycles. The maximum atomic E-state index is 14.1. The number of hydrogen-bond acceptors (Lipinski definition) is 1. The minimum atomic E-state index is -0.452. The highest BCUT2D eigenvalue weighted by molar-refractivity contribution is 5.83. The van der Waals surface area contributed by atoms with Crippen molar-refractivity contribution < 1.29 is 4.39 Å². The fourth-order valence-electron chi connectivity index (χ4n) is 2.79. The van der Waals surface area contributed by atoms with Crippen LogP contribution in [0, 0.1) is 5.82 Å². The molecule has 3 heteroatoms. The third kappa shape index (κ3) is 2.54. The molecule has 1 aromatic heterocycles. The van der Waals surface area contributed by atoms with Gasteiger partial charge in [0.25, 0.3) is 0 Å². The fourth-order valence-corrected chi connectivity index (χ4v) is 2.79. The Kier molecular flexibility index (Phi) is 4.05. The van der Waals surface area contributed by atoms with Crippen LogP contribution in [0.2, 0.25) is 0 Å². The second-order valence-electron chi connectivity index (χ2n) is 5.40. The molecule has 0 spiro atoms. The first-order chi connectivity index (χ1) is 10.7. The van der Waals surface area contributed by atoms with E-state index in [0.29, 0.717) is 5.52 Å². The van der Waals surface area contributed by atoms with Crippen LogP contribution in [0.1, 0.15) is 19.8 Å². The Hall–Kier alpha value is -2.42. The van der Waals surface area contributed by atoms with Gasteiger partial charge < -0.3 is 4.57 Å². The van der Waals surface area contributed by atoms with Gasteiger partial charge in [0.2, 0.25) is 0 Å². The molecule has 0 aliphatic carbocycles. The zero-order valence-corrected chi connectivity index (χ0v) is 12.6. The lowest BCUT2D eigenvalue weighted by Crippen LogP contribution is -2.13. The zero-order chi connectivity index (χ0) is 15.5. The third-order valence-corrected chi connectivity index (χ3v) is 3.89. The summed E-state index contributed by atoms with van der Waals surface area (Å²) in [7, 11) is 0. The molecule has 1 heterocycles. The molecule has 22 heavy (non-hydrogen) atoms. The van der Waals surface area contributed by atoms with Crippen molar-refractivity contribution >= 4 is 10.9 Å². The van der Waals surface area contributed by atoms with Gasteiger partial charge in [-0.15, -0.1) is 0 Å². The van der Waals surface area contributed by atoms with Crippen LogP contribution in [0.5, 0.6) is 0 Å². The van der Waals surface area contributed by atoms with E-state index in [4.69, 9.17) is 0 Å². The quantitative estimate of drug-likeness (QED) is 0.689. The van der Waals surface area contributed by atoms with Crippen molar-refractivity contribution in [2.24, 2.45) is 0 Å². The number of nitrogens with zero attached hydrogens (tertiary/aromatic N) is 1. The first kappa shape index (κ1) is 14.5. The number of aromatic nitrogens is 1. The number of hydrogen-bond donors (Lipinski definition) is 0. The van der Waals surface area contributed by atoms with Crippen LogP contribution in [0.3, 0.4) is 0 Å². The Bertz CT molecular complexity index is 852. The summed E-state index contributed by atoms with van der Waals surface area (Å²) in [5, 5.41) is 0.179. The Morgan fingerprint density at radius 3 is 2.55 bits per heavy atom. The molecule has 3 rings (SSSR count). The number of halogens is 1. The van der Waals surface area contributed by atoms with Crippen molar-refractivity contribution in [2.75, 3.05) is 0 Å². The molecule has 0 atom stereocenters. The maximum absolute atomic E-state index is 14.1. The van der Waals surface area contributed by atoms with Crippen molar-refractivity contribution in [1.29, 1.82) is 0 Å². The van der Waals surface area contributed by atoms with Gasteiger partial charge in [0.15, 0.2) is 5.43 Å². The molecule has 0 radical (unpaired) electrons. The highest BCUT2D eigenvalue weighted by Gasteiger charge is 2.13. The number of benzene rings is 2.